The summed E-state index contributed by atoms with van der Waals surface area (Å²) in [5.41, 5.74) is 0.561. The van der Waals surface area contributed by atoms with Gasteiger partial charge in [0.15, 0.2) is 0 Å². The van der Waals surface area contributed by atoms with Gasteiger partial charge >= 0.3 is 0 Å². The van der Waals surface area contributed by atoms with E-state index >= 15 is 0 Å². The fraction of sp³-hybridized carbons (Fsp3) is 0.364. The molecule has 1 aliphatic carbocycles. The molecular weight excluding hydrogens is 354 g/mol. The van der Waals surface area contributed by atoms with Crippen molar-refractivity contribution in [3.63, 3.8) is 0 Å². The van der Waals surface area contributed by atoms with Crippen LogP contribution in [0.5, 0.6) is 11.5 Å². The van der Waals surface area contributed by atoms with E-state index in [0.717, 1.165) is 12.8 Å². The number of rotatable bonds is 6. The number of benzene rings is 2. The lowest BCUT2D eigenvalue weighted by molar-refractivity contribution is -0.122. The van der Waals surface area contributed by atoms with Crippen LogP contribution in [0.25, 0.3) is 0 Å². The van der Waals surface area contributed by atoms with E-state index in [1.54, 1.807) is 6.07 Å². The Morgan fingerprint density at radius 2 is 1.61 bits per heavy atom. The van der Waals surface area contributed by atoms with Crippen molar-refractivity contribution in [3.05, 3.63) is 60.2 Å². The predicted octanol–water partition coefficient (Wildman–Crippen LogP) is 2.52. The van der Waals surface area contributed by atoms with Crippen molar-refractivity contribution in [3.8, 4) is 11.5 Å². The van der Waals surface area contributed by atoms with Crippen LogP contribution in [-0.2, 0) is 4.79 Å². The summed E-state index contributed by atoms with van der Waals surface area (Å²) in [5.74, 6) is 1.32. The second-order valence-corrected chi connectivity index (χ2v) is 7.32. The molecule has 0 atom stereocenters. The Hall–Kier alpha value is -2.86. The average Bonchev–Trinajstić information content (AvgIpc) is 3.53. The maximum atomic E-state index is 13.0. The molecule has 0 radical (unpaired) electrons. The molecule has 6 nitrogen and oxygen atoms in total. The zero-order valence-corrected chi connectivity index (χ0v) is 15.8. The molecule has 2 aromatic carbocycles. The lowest BCUT2D eigenvalue weighted by Gasteiger charge is -2.34. The molecule has 0 bridgehead atoms. The van der Waals surface area contributed by atoms with Crippen LogP contribution in [0.1, 0.15) is 23.2 Å². The second-order valence-electron chi connectivity index (χ2n) is 7.32. The van der Waals surface area contributed by atoms with E-state index in [0.29, 0.717) is 55.8 Å². The summed E-state index contributed by atoms with van der Waals surface area (Å²) in [6, 6.07) is 17.2. The summed E-state index contributed by atoms with van der Waals surface area (Å²) < 4.78 is 5.93. The first-order chi connectivity index (χ1) is 13.7. The lowest BCUT2D eigenvalue weighted by atomic mass is 10.1. The number of nitrogens with one attached hydrogen (secondary N) is 1. The standard InChI is InChI=1S/C22H25N3O3/c26-21(23-17-10-11-17)16-24-12-14-25(15-13-24)22(27)19-8-4-5-9-20(19)28-18-6-2-1-3-7-18/h1-9,17H,10-16H2,(H,23,26). The van der Waals surface area contributed by atoms with E-state index < -0.39 is 0 Å². The Labute approximate surface area is 165 Å². The number of hydrogen-bond donors (Lipinski definition) is 1. The SMILES string of the molecule is O=C(CN1CCN(C(=O)c2ccccc2Oc2ccccc2)CC1)NC1CC1. The maximum Gasteiger partial charge on any atom is 0.257 e. The molecule has 1 saturated carbocycles. The molecule has 2 amide bonds. The number of hydrogen-bond acceptors (Lipinski definition) is 4. The summed E-state index contributed by atoms with van der Waals surface area (Å²) in [6.45, 7) is 3.02. The van der Waals surface area contributed by atoms with Crippen molar-refractivity contribution in [2.75, 3.05) is 32.7 Å². The summed E-state index contributed by atoms with van der Waals surface area (Å²) in [7, 11) is 0. The molecule has 28 heavy (non-hydrogen) atoms. The number of nitrogens with zero attached hydrogens (tertiary/aromatic N) is 2. The van der Waals surface area contributed by atoms with Crippen molar-refractivity contribution in [1.29, 1.82) is 0 Å². The molecule has 0 aromatic heterocycles. The minimum atomic E-state index is -0.0337. The smallest absolute Gasteiger partial charge is 0.257 e. The number of ether oxygens (including phenoxy) is 1. The normalized spacial score (nSPS) is 17.2. The van der Waals surface area contributed by atoms with Crippen LogP contribution >= 0.6 is 0 Å². The summed E-state index contributed by atoms with van der Waals surface area (Å²) in [6.07, 6.45) is 2.19. The van der Waals surface area contributed by atoms with Gasteiger partial charge in [0, 0.05) is 32.2 Å². The minimum absolute atomic E-state index is 0.0337. The van der Waals surface area contributed by atoms with E-state index in [1.807, 2.05) is 53.4 Å². The molecule has 1 N–H and O–H groups in total. The van der Waals surface area contributed by atoms with Gasteiger partial charge in [-0.3, -0.25) is 14.5 Å². The van der Waals surface area contributed by atoms with Crippen molar-refractivity contribution >= 4 is 11.8 Å². The summed E-state index contributed by atoms with van der Waals surface area (Å²) >= 11 is 0. The molecule has 2 aromatic rings. The molecule has 1 heterocycles. The van der Waals surface area contributed by atoms with Crippen molar-refractivity contribution < 1.29 is 14.3 Å². The molecule has 1 saturated heterocycles. The van der Waals surface area contributed by atoms with Crippen LogP contribution in [0.3, 0.4) is 0 Å². The Balaban J connectivity index is 1.35. The monoisotopic (exact) mass is 379 g/mol. The van der Waals surface area contributed by atoms with Crippen LogP contribution in [0.15, 0.2) is 54.6 Å². The van der Waals surface area contributed by atoms with Gasteiger partial charge < -0.3 is 15.0 Å². The van der Waals surface area contributed by atoms with Gasteiger partial charge in [0.25, 0.3) is 5.91 Å². The van der Waals surface area contributed by atoms with Gasteiger partial charge in [0.05, 0.1) is 12.1 Å². The van der Waals surface area contributed by atoms with E-state index in [1.165, 1.54) is 0 Å². The van der Waals surface area contributed by atoms with E-state index in [4.69, 9.17) is 4.74 Å². The Morgan fingerprint density at radius 3 is 2.32 bits per heavy atom. The number of para-hydroxylation sites is 2. The fourth-order valence-electron chi connectivity index (χ4n) is 3.33. The summed E-state index contributed by atoms with van der Waals surface area (Å²) in [5, 5.41) is 3.01. The van der Waals surface area contributed by atoms with Crippen molar-refractivity contribution in [2.45, 2.75) is 18.9 Å². The van der Waals surface area contributed by atoms with Crippen LogP contribution < -0.4 is 10.1 Å². The zero-order chi connectivity index (χ0) is 19.3. The first kappa shape index (κ1) is 18.5. The molecule has 146 valence electrons. The highest BCUT2D eigenvalue weighted by molar-refractivity contribution is 5.97. The third-order valence-corrected chi connectivity index (χ3v) is 5.06. The summed E-state index contributed by atoms with van der Waals surface area (Å²) in [4.78, 5) is 28.9. The highest BCUT2D eigenvalue weighted by Gasteiger charge is 2.27. The van der Waals surface area contributed by atoms with E-state index in [-0.39, 0.29) is 11.8 Å². The quantitative estimate of drug-likeness (QED) is 0.838. The van der Waals surface area contributed by atoms with Gasteiger partial charge in [-0.25, -0.2) is 0 Å². The third kappa shape index (κ3) is 4.70. The van der Waals surface area contributed by atoms with Crippen molar-refractivity contribution in [1.82, 2.24) is 15.1 Å². The topological polar surface area (TPSA) is 61.9 Å². The molecule has 2 aliphatic rings. The van der Waals surface area contributed by atoms with Gasteiger partial charge in [-0.1, -0.05) is 30.3 Å². The zero-order valence-electron chi connectivity index (χ0n) is 15.8. The van der Waals surface area contributed by atoms with Crippen molar-refractivity contribution in [2.24, 2.45) is 0 Å². The van der Waals surface area contributed by atoms with Crippen LogP contribution in [0.2, 0.25) is 0 Å². The fourth-order valence-corrected chi connectivity index (χ4v) is 3.33. The molecule has 4 rings (SSSR count). The lowest BCUT2D eigenvalue weighted by Crippen LogP contribution is -2.51. The molecular formula is C22H25N3O3. The van der Waals surface area contributed by atoms with Crippen LogP contribution in [-0.4, -0.2) is 60.4 Å². The average molecular weight is 379 g/mol. The minimum Gasteiger partial charge on any atom is -0.457 e. The Kier molecular flexibility index (Phi) is 5.58. The number of carbonyl (C=O) groups is 2. The van der Waals surface area contributed by atoms with E-state index in [9.17, 15) is 9.59 Å². The maximum absolute atomic E-state index is 13.0. The van der Waals surface area contributed by atoms with Gasteiger partial charge in [-0.15, -0.1) is 0 Å². The Morgan fingerprint density at radius 1 is 0.929 bits per heavy atom. The predicted molar refractivity (Wildman–Crippen MR) is 106 cm³/mol. The first-order valence-electron chi connectivity index (χ1n) is 9.82. The molecule has 0 unspecified atom stereocenters. The second kappa shape index (κ2) is 8.44. The Bertz CT molecular complexity index is 828. The molecule has 0 spiro atoms. The van der Waals surface area contributed by atoms with Gasteiger partial charge in [0.1, 0.15) is 11.5 Å². The van der Waals surface area contributed by atoms with Crippen LogP contribution in [0, 0.1) is 0 Å². The highest BCUT2D eigenvalue weighted by atomic mass is 16.5. The largest absolute Gasteiger partial charge is 0.457 e. The third-order valence-electron chi connectivity index (χ3n) is 5.06. The van der Waals surface area contributed by atoms with Crippen LogP contribution in [0.4, 0.5) is 0 Å². The molecule has 2 fully saturated rings. The number of carbonyl (C=O) groups excluding carboxylic acids is 2. The van der Waals surface area contributed by atoms with E-state index in [2.05, 4.69) is 10.2 Å². The van der Waals surface area contributed by atoms with Gasteiger partial charge in [0.2, 0.25) is 5.91 Å². The highest BCUT2D eigenvalue weighted by Crippen LogP contribution is 2.26. The number of piperazine rings is 1. The van der Waals surface area contributed by atoms with Gasteiger partial charge in [-0.2, -0.15) is 0 Å². The van der Waals surface area contributed by atoms with Gasteiger partial charge in [-0.05, 0) is 37.1 Å². The first-order valence-corrected chi connectivity index (χ1v) is 9.82. The number of amides is 2. The molecule has 6 heteroatoms. The molecule has 1 aliphatic heterocycles.